The first-order chi connectivity index (χ1) is 12.1. The van der Waals surface area contributed by atoms with Gasteiger partial charge in [0.15, 0.2) is 5.16 Å². The summed E-state index contributed by atoms with van der Waals surface area (Å²) in [7, 11) is 1.96. The summed E-state index contributed by atoms with van der Waals surface area (Å²) in [6, 6.07) is 15.3. The average molecular weight is 372 g/mol. The van der Waals surface area contributed by atoms with Crippen LogP contribution in [0.3, 0.4) is 0 Å². The average Bonchev–Trinajstić information content (AvgIpc) is 3.01. The number of hydrogen-bond donors (Lipinski definition) is 1. The third-order valence-electron chi connectivity index (χ3n) is 3.68. The van der Waals surface area contributed by atoms with Gasteiger partial charge in [-0.2, -0.15) is 0 Å². The maximum atomic E-state index is 12.1. The molecule has 0 fully saturated rings. The zero-order valence-electron chi connectivity index (χ0n) is 13.8. The van der Waals surface area contributed by atoms with Gasteiger partial charge < -0.3 is 9.88 Å². The number of anilines is 1. The first-order valence-electron chi connectivity index (χ1n) is 7.90. The number of benzene rings is 2. The van der Waals surface area contributed by atoms with Gasteiger partial charge in [0.1, 0.15) is 0 Å². The monoisotopic (exact) mass is 371 g/mol. The number of amides is 1. The normalized spacial score (nSPS) is 10.6. The molecule has 0 aliphatic heterocycles. The topological polar surface area (TPSA) is 46.9 Å². The Morgan fingerprint density at radius 2 is 1.88 bits per heavy atom. The van der Waals surface area contributed by atoms with Gasteiger partial charge in [-0.1, -0.05) is 35.5 Å². The van der Waals surface area contributed by atoms with Crippen molar-refractivity contribution in [2.24, 2.45) is 7.05 Å². The van der Waals surface area contributed by atoms with Gasteiger partial charge in [-0.15, -0.1) is 0 Å². The molecule has 0 bridgehead atoms. The molecule has 0 saturated heterocycles. The molecule has 0 unspecified atom stereocenters. The highest BCUT2D eigenvalue weighted by molar-refractivity contribution is 7.99. The molecule has 1 aromatic heterocycles. The minimum atomic E-state index is -0.000505. The van der Waals surface area contributed by atoms with E-state index >= 15 is 0 Å². The molecular weight excluding hydrogens is 354 g/mol. The number of halogens is 1. The second-order valence-corrected chi connectivity index (χ2v) is 7.10. The van der Waals surface area contributed by atoms with Crippen LogP contribution in [-0.4, -0.2) is 15.5 Å². The van der Waals surface area contributed by atoms with Crippen LogP contribution in [0, 0.1) is 0 Å². The number of rotatable bonds is 6. The second-order valence-electron chi connectivity index (χ2n) is 5.62. The molecule has 1 heterocycles. The zero-order chi connectivity index (χ0) is 17.6. The third kappa shape index (κ3) is 5.11. The van der Waals surface area contributed by atoms with E-state index < -0.39 is 0 Å². The van der Waals surface area contributed by atoms with Gasteiger partial charge in [-0.3, -0.25) is 4.79 Å². The number of imidazole rings is 1. The summed E-state index contributed by atoms with van der Waals surface area (Å²) < 4.78 is 1.97. The fraction of sp³-hybridized carbons (Fsp3) is 0.158. The molecule has 0 aliphatic rings. The number of aromatic nitrogens is 2. The van der Waals surface area contributed by atoms with E-state index in [1.54, 1.807) is 18.0 Å². The number of aryl methyl sites for hydroxylation is 2. The van der Waals surface area contributed by atoms with Crippen LogP contribution < -0.4 is 5.32 Å². The van der Waals surface area contributed by atoms with Crippen LogP contribution in [0.25, 0.3) is 0 Å². The van der Waals surface area contributed by atoms with Crippen molar-refractivity contribution in [3.8, 4) is 0 Å². The maximum Gasteiger partial charge on any atom is 0.224 e. The minimum Gasteiger partial charge on any atom is -0.329 e. The van der Waals surface area contributed by atoms with Gasteiger partial charge in [-0.05, 0) is 48.4 Å². The summed E-state index contributed by atoms with van der Waals surface area (Å²) in [4.78, 5) is 17.4. The fourth-order valence-corrected chi connectivity index (χ4v) is 3.22. The second kappa shape index (κ2) is 8.23. The van der Waals surface area contributed by atoms with Crippen molar-refractivity contribution in [2.75, 3.05) is 5.32 Å². The molecule has 0 saturated carbocycles. The Morgan fingerprint density at radius 1 is 1.16 bits per heavy atom. The predicted molar refractivity (Wildman–Crippen MR) is 102 cm³/mol. The molecule has 0 radical (unpaired) electrons. The van der Waals surface area contributed by atoms with E-state index in [-0.39, 0.29) is 5.91 Å². The van der Waals surface area contributed by atoms with Crippen molar-refractivity contribution in [2.45, 2.75) is 22.9 Å². The molecule has 4 nitrogen and oxygen atoms in total. The van der Waals surface area contributed by atoms with E-state index in [0.717, 1.165) is 21.3 Å². The van der Waals surface area contributed by atoms with Gasteiger partial charge in [0.2, 0.25) is 5.91 Å². The van der Waals surface area contributed by atoms with Gasteiger partial charge >= 0.3 is 0 Å². The number of nitrogens with zero attached hydrogens (tertiary/aromatic N) is 2. The highest BCUT2D eigenvalue weighted by Gasteiger charge is 2.05. The van der Waals surface area contributed by atoms with E-state index in [1.807, 2.05) is 66.3 Å². The lowest BCUT2D eigenvalue weighted by atomic mass is 10.1. The molecule has 0 spiro atoms. The minimum absolute atomic E-state index is 0.000505. The molecule has 3 rings (SSSR count). The van der Waals surface area contributed by atoms with E-state index in [2.05, 4.69) is 10.3 Å². The molecule has 6 heteroatoms. The Hall–Kier alpha value is -2.24. The lowest BCUT2D eigenvalue weighted by Gasteiger charge is -2.07. The first-order valence-corrected chi connectivity index (χ1v) is 9.09. The standard InChI is InChI=1S/C19H18ClN3OS/c1-23-13-12-21-19(23)25-17-9-7-16(8-10-17)22-18(24)11-4-14-2-5-15(20)6-3-14/h2-3,5-10,12-13H,4,11H2,1H3,(H,22,24). The van der Waals surface area contributed by atoms with E-state index in [9.17, 15) is 4.79 Å². The quantitative estimate of drug-likeness (QED) is 0.677. The first kappa shape index (κ1) is 17.6. The Bertz CT molecular complexity index is 844. The smallest absolute Gasteiger partial charge is 0.224 e. The van der Waals surface area contributed by atoms with Crippen molar-refractivity contribution < 1.29 is 4.79 Å². The van der Waals surface area contributed by atoms with Gasteiger partial charge in [0.25, 0.3) is 0 Å². The molecular formula is C19H18ClN3OS. The molecule has 25 heavy (non-hydrogen) atoms. The van der Waals surface area contributed by atoms with Gasteiger partial charge in [0.05, 0.1) is 0 Å². The Morgan fingerprint density at radius 3 is 2.52 bits per heavy atom. The fourth-order valence-electron chi connectivity index (χ4n) is 2.29. The summed E-state index contributed by atoms with van der Waals surface area (Å²) in [6.45, 7) is 0. The Balaban J connectivity index is 1.51. The number of carbonyl (C=O) groups is 1. The highest BCUT2D eigenvalue weighted by Crippen LogP contribution is 2.26. The van der Waals surface area contributed by atoms with Crippen LogP contribution in [-0.2, 0) is 18.3 Å². The van der Waals surface area contributed by atoms with Gasteiger partial charge in [0, 0.05) is 41.5 Å². The Kier molecular flexibility index (Phi) is 5.79. The molecule has 2 aromatic carbocycles. The van der Waals surface area contributed by atoms with Crippen molar-refractivity contribution >= 4 is 35.0 Å². The number of nitrogens with one attached hydrogen (secondary N) is 1. The van der Waals surface area contributed by atoms with E-state index in [0.29, 0.717) is 17.9 Å². The van der Waals surface area contributed by atoms with Crippen LogP contribution in [0.15, 0.2) is 71.0 Å². The van der Waals surface area contributed by atoms with E-state index in [1.165, 1.54) is 0 Å². The van der Waals surface area contributed by atoms with Crippen LogP contribution in [0.2, 0.25) is 5.02 Å². The van der Waals surface area contributed by atoms with Crippen molar-refractivity contribution in [1.29, 1.82) is 0 Å². The molecule has 1 amide bonds. The van der Waals surface area contributed by atoms with Crippen LogP contribution in [0.4, 0.5) is 5.69 Å². The summed E-state index contributed by atoms with van der Waals surface area (Å²) in [5, 5.41) is 4.56. The number of hydrogen-bond acceptors (Lipinski definition) is 3. The largest absolute Gasteiger partial charge is 0.329 e. The summed E-state index contributed by atoms with van der Waals surface area (Å²) in [5.74, 6) is -0.000505. The Labute approximate surface area is 156 Å². The molecule has 3 aromatic rings. The molecule has 1 N–H and O–H groups in total. The third-order valence-corrected chi connectivity index (χ3v) is 5.01. The van der Waals surface area contributed by atoms with Crippen LogP contribution in [0.1, 0.15) is 12.0 Å². The lowest BCUT2D eigenvalue weighted by molar-refractivity contribution is -0.116. The molecule has 0 aliphatic carbocycles. The van der Waals surface area contributed by atoms with E-state index in [4.69, 9.17) is 11.6 Å². The summed E-state index contributed by atoms with van der Waals surface area (Å²) >= 11 is 7.45. The zero-order valence-corrected chi connectivity index (χ0v) is 15.3. The maximum absolute atomic E-state index is 12.1. The molecule has 128 valence electrons. The summed E-state index contributed by atoms with van der Waals surface area (Å²) in [5.41, 5.74) is 1.90. The van der Waals surface area contributed by atoms with Crippen molar-refractivity contribution in [3.63, 3.8) is 0 Å². The predicted octanol–water partition coefficient (Wildman–Crippen LogP) is 4.80. The van der Waals surface area contributed by atoms with Crippen LogP contribution >= 0.6 is 23.4 Å². The molecule has 0 atom stereocenters. The van der Waals surface area contributed by atoms with Crippen LogP contribution in [0.5, 0.6) is 0 Å². The van der Waals surface area contributed by atoms with Crippen molar-refractivity contribution in [1.82, 2.24) is 9.55 Å². The summed E-state index contributed by atoms with van der Waals surface area (Å²) in [6.07, 6.45) is 4.82. The SMILES string of the molecule is Cn1ccnc1Sc1ccc(NC(=O)CCc2ccc(Cl)cc2)cc1. The lowest BCUT2D eigenvalue weighted by Crippen LogP contribution is -2.12. The highest BCUT2D eigenvalue weighted by atomic mass is 35.5. The van der Waals surface area contributed by atoms with Crippen molar-refractivity contribution in [3.05, 3.63) is 71.5 Å². The van der Waals surface area contributed by atoms with Gasteiger partial charge in [-0.25, -0.2) is 4.98 Å². The number of carbonyl (C=O) groups excluding carboxylic acids is 1.